The summed E-state index contributed by atoms with van der Waals surface area (Å²) in [6, 6.07) is 7.19. The van der Waals surface area contributed by atoms with E-state index in [1.165, 1.54) is 0 Å². The predicted octanol–water partition coefficient (Wildman–Crippen LogP) is 4.90. The maximum atomic E-state index is 13.2. The molecule has 1 aromatic carbocycles. The molecule has 0 fully saturated rings. The Bertz CT molecular complexity index is 1110. The highest BCUT2D eigenvalue weighted by molar-refractivity contribution is 6.35. The third-order valence-electron chi connectivity index (χ3n) is 4.82. The third-order valence-corrected chi connectivity index (χ3v) is 5.28. The van der Waals surface area contributed by atoms with Crippen LogP contribution in [-0.2, 0) is 6.54 Å². The van der Waals surface area contributed by atoms with Crippen LogP contribution >= 0.6 is 23.2 Å². The zero-order valence-electron chi connectivity index (χ0n) is 16.0. The summed E-state index contributed by atoms with van der Waals surface area (Å²) in [4.78, 5) is 9.72. The first kappa shape index (κ1) is 20.7. The Morgan fingerprint density at radius 3 is 2.47 bits per heavy atom. The fraction of sp³-hybridized carbons (Fsp3) is 0.316. The Kier molecular flexibility index (Phi) is 5.27. The van der Waals surface area contributed by atoms with E-state index in [0.717, 1.165) is 17.3 Å². The second kappa shape index (κ2) is 7.63. The van der Waals surface area contributed by atoms with E-state index in [-0.39, 0.29) is 16.5 Å². The third kappa shape index (κ3) is 3.91. The van der Waals surface area contributed by atoms with Crippen molar-refractivity contribution in [1.82, 2.24) is 30.0 Å². The highest BCUT2D eigenvalue weighted by Gasteiger charge is 2.41. The van der Waals surface area contributed by atoms with Crippen LogP contribution in [0.3, 0.4) is 0 Å². The van der Waals surface area contributed by atoms with Crippen LogP contribution in [0.4, 0.5) is 13.2 Å². The van der Waals surface area contributed by atoms with Crippen molar-refractivity contribution in [3.63, 3.8) is 0 Å². The number of rotatable bonds is 4. The molecule has 0 amide bonds. The molecule has 0 bridgehead atoms. The van der Waals surface area contributed by atoms with Gasteiger partial charge in [0.05, 0.1) is 18.1 Å². The van der Waals surface area contributed by atoms with Gasteiger partial charge >= 0.3 is 6.18 Å². The topological polar surface area (TPSA) is 58.9 Å². The Morgan fingerprint density at radius 1 is 1.13 bits per heavy atom. The molecule has 1 N–H and O–H groups in total. The van der Waals surface area contributed by atoms with Crippen LogP contribution in [0.2, 0.25) is 10.4 Å². The molecule has 0 saturated carbocycles. The van der Waals surface area contributed by atoms with Crippen molar-refractivity contribution < 1.29 is 13.2 Å². The summed E-state index contributed by atoms with van der Waals surface area (Å²) in [6.07, 6.45) is -2.32. The second-order valence-corrected chi connectivity index (χ2v) is 7.89. The van der Waals surface area contributed by atoms with Gasteiger partial charge in [0.25, 0.3) is 0 Å². The molecular formula is C19H17Cl2F3N6. The minimum Gasteiger partial charge on any atom is -0.356 e. The first-order valence-corrected chi connectivity index (χ1v) is 9.85. The molecule has 1 aliphatic rings. The average molecular weight is 457 g/mol. The summed E-state index contributed by atoms with van der Waals surface area (Å²) >= 11 is 12.0. The van der Waals surface area contributed by atoms with Gasteiger partial charge in [0, 0.05) is 12.2 Å². The molecule has 1 unspecified atom stereocenters. The molecule has 1 aliphatic heterocycles. The van der Waals surface area contributed by atoms with Crippen molar-refractivity contribution in [3.8, 4) is 0 Å². The smallest absolute Gasteiger partial charge is 0.356 e. The number of nitrogens with one attached hydrogen (secondary N) is 1. The van der Waals surface area contributed by atoms with Crippen LogP contribution < -0.4 is 5.32 Å². The van der Waals surface area contributed by atoms with Gasteiger partial charge in [0.15, 0.2) is 5.65 Å². The van der Waals surface area contributed by atoms with E-state index < -0.39 is 18.0 Å². The van der Waals surface area contributed by atoms with E-state index in [9.17, 15) is 13.2 Å². The van der Waals surface area contributed by atoms with Gasteiger partial charge in [-0.15, -0.1) is 0 Å². The Hall–Kier alpha value is -2.52. The number of halogens is 5. The molecule has 0 radical (unpaired) electrons. The van der Waals surface area contributed by atoms with Gasteiger partial charge in [0.1, 0.15) is 17.0 Å². The summed E-state index contributed by atoms with van der Waals surface area (Å²) in [7, 11) is 0. The molecule has 6 nitrogen and oxygen atoms in total. The van der Waals surface area contributed by atoms with E-state index >= 15 is 0 Å². The van der Waals surface area contributed by atoms with Gasteiger partial charge in [-0.1, -0.05) is 35.9 Å². The fourth-order valence-corrected chi connectivity index (χ4v) is 3.75. The molecular weight excluding hydrogens is 440 g/mol. The first-order chi connectivity index (χ1) is 14.1. The number of allylic oxidation sites excluding steroid dienone is 1. The molecule has 30 heavy (non-hydrogen) atoms. The number of hydrogen-bond acceptors (Lipinski definition) is 5. The molecule has 4 rings (SSSR count). The number of nitrogens with zero attached hydrogens (tertiary/aromatic N) is 5. The minimum absolute atomic E-state index is 0.0265. The zero-order chi connectivity index (χ0) is 21.6. The largest absolute Gasteiger partial charge is 0.432 e. The summed E-state index contributed by atoms with van der Waals surface area (Å²) in [5.41, 5.74) is 1.38. The van der Waals surface area contributed by atoms with Crippen molar-refractivity contribution in [1.29, 1.82) is 0 Å². The van der Waals surface area contributed by atoms with E-state index in [1.807, 2.05) is 26.0 Å². The number of alkyl halides is 3. The monoisotopic (exact) mass is 456 g/mol. The molecule has 2 aromatic heterocycles. The maximum Gasteiger partial charge on any atom is 0.432 e. The quantitative estimate of drug-likeness (QED) is 0.446. The van der Waals surface area contributed by atoms with Gasteiger partial charge < -0.3 is 10.2 Å². The number of benzene rings is 1. The molecule has 0 aliphatic carbocycles. The normalized spacial score (nSPS) is 17.0. The summed E-state index contributed by atoms with van der Waals surface area (Å²) in [5, 5.41) is 7.70. The zero-order valence-corrected chi connectivity index (χ0v) is 17.5. The van der Waals surface area contributed by atoms with Crippen LogP contribution in [0.25, 0.3) is 11.0 Å². The Labute approximate surface area is 180 Å². The Balaban J connectivity index is 1.57. The molecule has 3 heterocycles. The van der Waals surface area contributed by atoms with Crippen LogP contribution in [0, 0.1) is 0 Å². The lowest BCUT2D eigenvalue weighted by molar-refractivity contribution is -0.0963. The van der Waals surface area contributed by atoms with E-state index in [2.05, 4.69) is 20.4 Å². The van der Waals surface area contributed by atoms with Crippen LogP contribution in [0.15, 0.2) is 42.4 Å². The molecule has 0 saturated heterocycles. The summed E-state index contributed by atoms with van der Waals surface area (Å²) in [6.45, 7) is 4.09. The molecule has 0 spiro atoms. The lowest BCUT2D eigenvalue weighted by Gasteiger charge is -2.29. The standard InChI is InChI=1S/C19H17Cl2F3N6/c1-10(2)29-9-14(19(22,23)24)26-16(29)12-5-3-11(4-6-12)8-30-17-13(7-25-30)15(20)27-18(21)28-17/h3-7,9-10,16,26H,8H2,1-2H3. The average Bonchev–Trinajstić information content (AvgIpc) is 3.27. The first-order valence-electron chi connectivity index (χ1n) is 9.10. The number of fused-ring (bicyclic) bond motifs is 1. The second-order valence-electron chi connectivity index (χ2n) is 7.19. The van der Waals surface area contributed by atoms with Crippen molar-refractivity contribution >= 4 is 34.2 Å². The lowest BCUT2D eigenvalue weighted by Crippen LogP contribution is -2.33. The summed E-state index contributed by atoms with van der Waals surface area (Å²) < 4.78 is 41.1. The van der Waals surface area contributed by atoms with Crippen molar-refractivity contribution in [2.75, 3.05) is 0 Å². The van der Waals surface area contributed by atoms with Gasteiger partial charge in [-0.05, 0) is 36.6 Å². The predicted molar refractivity (Wildman–Crippen MR) is 108 cm³/mol. The van der Waals surface area contributed by atoms with Gasteiger partial charge in [-0.3, -0.25) is 0 Å². The van der Waals surface area contributed by atoms with Crippen molar-refractivity contribution in [3.05, 3.63) is 63.9 Å². The lowest BCUT2D eigenvalue weighted by atomic mass is 10.1. The van der Waals surface area contributed by atoms with Crippen molar-refractivity contribution in [2.24, 2.45) is 0 Å². The Morgan fingerprint density at radius 2 is 1.83 bits per heavy atom. The van der Waals surface area contributed by atoms with Crippen LogP contribution in [-0.4, -0.2) is 36.9 Å². The van der Waals surface area contributed by atoms with Crippen molar-refractivity contribution in [2.45, 2.75) is 38.8 Å². The fourth-order valence-electron chi connectivity index (χ4n) is 3.33. The van der Waals surface area contributed by atoms with E-state index in [1.54, 1.807) is 27.9 Å². The maximum absolute atomic E-state index is 13.2. The number of hydrogen-bond donors (Lipinski definition) is 1. The van der Waals surface area contributed by atoms with Gasteiger partial charge in [0.2, 0.25) is 5.28 Å². The van der Waals surface area contributed by atoms with Crippen LogP contribution in [0.5, 0.6) is 0 Å². The highest BCUT2D eigenvalue weighted by atomic mass is 35.5. The van der Waals surface area contributed by atoms with E-state index in [4.69, 9.17) is 23.2 Å². The minimum atomic E-state index is -4.42. The SMILES string of the molecule is CC(C)N1C=C(C(F)(F)F)NC1c1ccc(Cn2ncc3c(Cl)nc(Cl)nc32)cc1. The molecule has 11 heteroatoms. The van der Waals surface area contributed by atoms with Gasteiger partial charge in [-0.2, -0.15) is 23.3 Å². The van der Waals surface area contributed by atoms with E-state index in [0.29, 0.717) is 17.6 Å². The molecule has 3 aromatic rings. The highest BCUT2D eigenvalue weighted by Crippen LogP contribution is 2.35. The molecule has 158 valence electrons. The molecule has 1 atom stereocenters. The summed E-state index contributed by atoms with van der Waals surface area (Å²) in [5.74, 6) is 0. The van der Waals surface area contributed by atoms with Crippen LogP contribution in [0.1, 0.15) is 31.1 Å². The number of aromatic nitrogens is 4. The van der Waals surface area contributed by atoms with Gasteiger partial charge in [-0.25, -0.2) is 9.67 Å².